The Kier molecular flexibility index (Phi) is 4.36. The van der Waals surface area contributed by atoms with Gasteiger partial charge in [0.05, 0.1) is 0 Å². The molecule has 100 valence electrons. The molecule has 1 aliphatic rings. The number of fused-ring (bicyclic) bond motifs is 1. The number of nitrogens with one attached hydrogen (secondary N) is 1. The summed E-state index contributed by atoms with van der Waals surface area (Å²) in [6.07, 6.45) is 2.00. The van der Waals surface area contributed by atoms with Crippen molar-refractivity contribution in [2.75, 3.05) is 19.7 Å². The van der Waals surface area contributed by atoms with E-state index in [1.807, 2.05) is 0 Å². The van der Waals surface area contributed by atoms with Gasteiger partial charge in [-0.3, -0.25) is 0 Å². The summed E-state index contributed by atoms with van der Waals surface area (Å²) < 4.78 is 37.2. The second kappa shape index (κ2) is 6.00. The average molecular weight is 257 g/mol. The van der Waals surface area contributed by atoms with Crippen molar-refractivity contribution in [2.24, 2.45) is 0 Å². The van der Waals surface area contributed by atoms with Gasteiger partial charge in [0.25, 0.3) is 0 Å². The van der Waals surface area contributed by atoms with E-state index >= 15 is 0 Å². The molecular weight excluding hydrogens is 240 g/mol. The van der Waals surface area contributed by atoms with E-state index in [9.17, 15) is 8.78 Å². The van der Waals surface area contributed by atoms with Crippen LogP contribution in [0.4, 0.5) is 8.78 Å². The molecule has 0 fully saturated rings. The van der Waals surface area contributed by atoms with Crippen LogP contribution in [-0.4, -0.2) is 25.8 Å². The van der Waals surface area contributed by atoms with Gasteiger partial charge in [-0.2, -0.15) is 0 Å². The van der Waals surface area contributed by atoms with Gasteiger partial charge in [0.2, 0.25) is 0 Å². The van der Waals surface area contributed by atoms with Gasteiger partial charge in [0.15, 0.2) is 17.3 Å². The van der Waals surface area contributed by atoms with E-state index in [0.717, 1.165) is 31.5 Å². The molecule has 1 aliphatic heterocycles. The van der Waals surface area contributed by atoms with Gasteiger partial charge in [0.1, 0.15) is 18.5 Å². The SMILES string of the molecule is CCCCNCC1COc2c(F)cc(F)cc2O1. The highest BCUT2D eigenvalue weighted by Gasteiger charge is 2.24. The van der Waals surface area contributed by atoms with Crippen LogP contribution in [-0.2, 0) is 0 Å². The molecule has 0 saturated carbocycles. The second-order valence-electron chi connectivity index (χ2n) is 4.32. The Hall–Kier alpha value is -1.36. The first kappa shape index (κ1) is 13.1. The monoisotopic (exact) mass is 257 g/mol. The van der Waals surface area contributed by atoms with Crippen LogP contribution in [0.25, 0.3) is 0 Å². The van der Waals surface area contributed by atoms with Gasteiger partial charge in [-0.1, -0.05) is 13.3 Å². The summed E-state index contributed by atoms with van der Waals surface area (Å²) in [5, 5.41) is 3.22. The molecule has 0 radical (unpaired) electrons. The van der Waals surface area contributed by atoms with Crippen molar-refractivity contribution < 1.29 is 18.3 Å². The van der Waals surface area contributed by atoms with Crippen LogP contribution in [0.5, 0.6) is 11.5 Å². The minimum absolute atomic E-state index is 0.00112. The summed E-state index contributed by atoms with van der Waals surface area (Å²) >= 11 is 0. The van der Waals surface area contributed by atoms with Crippen molar-refractivity contribution >= 4 is 0 Å². The maximum Gasteiger partial charge on any atom is 0.197 e. The molecule has 18 heavy (non-hydrogen) atoms. The fourth-order valence-electron chi connectivity index (χ4n) is 1.82. The standard InChI is InChI=1S/C13H17F2NO2/c1-2-3-4-16-7-10-8-17-13-11(15)5-9(14)6-12(13)18-10/h5-6,10,16H,2-4,7-8H2,1H3. The summed E-state index contributed by atoms with van der Waals surface area (Å²) in [5.74, 6) is -1.24. The Balaban J connectivity index is 1.93. The lowest BCUT2D eigenvalue weighted by Gasteiger charge is -2.27. The number of unbranched alkanes of at least 4 members (excludes halogenated alkanes) is 1. The molecule has 1 atom stereocenters. The van der Waals surface area contributed by atoms with E-state index in [1.165, 1.54) is 0 Å². The zero-order chi connectivity index (χ0) is 13.0. The van der Waals surface area contributed by atoms with Crippen molar-refractivity contribution in [2.45, 2.75) is 25.9 Å². The third-order valence-electron chi connectivity index (χ3n) is 2.76. The highest BCUT2D eigenvalue weighted by Crippen LogP contribution is 2.34. The Morgan fingerprint density at radius 3 is 3.00 bits per heavy atom. The molecule has 0 spiro atoms. The Morgan fingerprint density at radius 2 is 2.22 bits per heavy atom. The number of rotatable bonds is 5. The molecule has 1 N–H and O–H groups in total. The highest BCUT2D eigenvalue weighted by atomic mass is 19.1. The van der Waals surface area contributed by atoms with Gasteiger partial charge in [0, 0.05) is 18.7 Å². The summed E-state index contributed by atoms with van der Waals surface area (Å²) in [6, 6.07) is 1.94. The Morgan fingerprint density at radius 1 is 1.39 bits per heavy atom. The molecule has 1 heterocycles. The number of ether oxygens (including phenoxy) is 2. The minimum Gasteiger partial charge on any atom is -0.483 e. The summed E-state index contributed by atoms with van der Waals surface area (Å²) in [6.45, 7) is 3.90. The molecule has 0 aromatic heterocycles. The van der Waals surface area contributed by atoms with E-state index < -0.39 is 11.6 Å². The van der Waals surface area contributed by atoms with E-state index in [-0.39, 0.29) is 24.2 Å². The third kappa shape index (κ3) is 3.10. The number of benzene rings is 1. The molecule has 1 aromatic rings. The van der Waals surface area contributed by atoms with Crippen LogP contribution in [0.1, 0.15) is 19.8 Å². The summed E-state index contributed by atoms with van der Waals surface area (Å²) in [4.78, 5) is 0. The average Bonchev–Trinajstić information content (AvgIpc) is 2.34. The van der Waals surface area contributed by atoms with E-state index in [0.29, 0.717) is 6.54 Å². The van der Waals surface area contributed by atoms with E-state index in [4.69, 9.17) is 9.47 Å². The van der Waals surface area contributed by atoms with E-state index in [1.54, 1.807) is 0 Å². The fraction of sp³-hybridized carbons (Fsp3) is 0.538. The van der Waals surface area contributed by atoms with Gasteiger partial charge < -0.3 is 14.8 Å². The Labute approximate surface area is 105 Å². The van der Waals surface area contributed by atoms with E-state index in [2.05, 4.69) is 12.2 Å². The lowest BCUT2D eigenvalue weighted by Crippen LogP contribution is -2.39. The van der Waals surface area contributed by atoms with Crippen molar-refractivity contribution in [1.29, 1.82) is 0 Å². The molecule has 1 aromatic carbocycles. The predicted octanol–water partition coefficient (Wildman–Crippen LogP) is 2.49. The van der Waals surface area contributed by atoms with Crippen LogP contribution in [0.3, 0.4) is 0 Å². The molecule has 5 heteroatoms. The molecule has 0 amide bonds. The minimum atomic E-state index is -0.720. The number of halogens is 2. The molecule has 1 unspecified atom stereocenters. The van der Waals surface area contributed by atoms with Crippen LogP contribution >= 0.6 is 0 Å². The lowest BCUT2D eigenvalue weighted by molar-refractivity contribution is 0.0856. The maximum absolute atomic E-state index is 13.4. The third-order valence-corrected chi connectivity index (χ3v) is 2.76. The Bertz CT molecular complexity index is 412. The summed E-state index contributed by atoms with van der Waals surface area (Å²) in [7, 11) is 0. The molecule has 0 saturated heterocycles. The molecule has 2 rings (SSSR count). The van der Waals surface area contributed by atoms with Crippen LogP contribution < -0.4 is 14.8 Å². The smallest absolute Gasteiger partial charge is 0.197 e. The quantitative estimate of drug-likeness (QED) is 0.822. The van der Waals surface area contributed by atoms with Crippen molar-refractivity contribution in [1.82, 2.24) is 5.32 Å². The molecule has 0 bridgehead atoms. The fourth-order valence-corrected chi connectivity index (χ4v) is 1.82. The molecular formula is C13H17F2NO2. The normalized spacial score (nSPS) is 17.8. The zero-order valence-corrected chi connectivity index (χ0v) is 10.3. The lowest BCUT2D eigenvalue weighted by atomic mass is 10.2. The summed E-state index contributed by atoms with van der Waals surface area (Å²) in [5.41, 5.74) is 0. The largest absolute Gasteiger partial charge is 0.483 e. The molecule has 0 aliphatic carbocycles. The zero-order valence-electron chi connectivity index (χ0n) is 10.3. The molecule has 3 nitrogen and oxygen atoms in total. The van der Waals surface area contributed by atoms with Gasteiger partial charge in [-0.25, -0.2) is 8.78 Å². The van der Waals surface area contributed by atoms with Crippen LogP contribution in [0, 0.1) is 11.6 Å². The van der Waals surface area contributed by atoms with Crippen LogP contribution in [0.2, 0.25) is 0 Å². The predicted molar refractivity (Wildman–Crippen MR) is 64.0 cm³/mol. The van der Waals surface area contributed by atoms with Crippen molar-refractivity contribution in [3.05, 3.63) is 23.8 Å². The van der Waals surface area contributed by atoms with Gasteiger partial charge in [-0.05, 0) is 13.0 Å². The number of hydrogen-bond acceptors (Lipinski definition) is 3. The topological polar surface area (TPSA) is 30.5 Å². The van der Waals surface area contributed by atoms with Crippen LogP contribution in [0.15, 0.2) is 12.1 Å². The second-order valence-corrected chi connectivity index (χ2v) is 4.32. The van der Waals surface area contributed by atoms with Crippen molar-refractivity contribution in [3.63, 3.8) is 0 Å². The highest BCUT2D eigenvalue weighted by molar-refractivity contribution is 5.42. The first-order valence-electron chi connectivity index (χ1n) is 6.20. The first-order chi connectivity index (χ1) is 8.70. The maximum atomic E-state index is 13.4. The number of hydrogen-bond donors (Lipinski definition) is 1. The first-order valence-corrected chi connectivity index (χ1v) is 6.20. The van der Waals surface area contributed by atoms with Gasteiger partial charge >= 0.3 is 0 Å². The van der Waals surface area contributed by atoms with Crippen molar-refractivity contribution in [3.8, 4) is 11.5 Å². The van der Waals surface area contributed by atoms with Gasteiger partial charge in [-0.15, -0.1) is 0 Å².